The summed E-state index contributed by atoms with van der Waals surface area (Å²) in [7, 11) is 0. The molecular formula is C12H19N3. The van der Waals surface area contributed by atoms with E-state index in [-0.39, 0.29) is 0 Å². The van der Waals surface area contributed by atoms with Crippen LogP contribution in [0.25, 0.3) is 0 Å². The van der Waals surface area contributed by atoms with Crippen molar-refractivity contribution in [2.24, 2.45) is 5.92 Å². The molecule has 1 aliphatic carbocycles. The zero-order valence-electron chi connectivity index (χ0n) is 9.75. The zero-order valence-corrected chi connectivity index (χ0v) is 9.75. The quantitative estimate of drug-likeness (QED) is 0.806. The Bertz CT molecular complexity index is 349. The molecule has 82 valence electrons. The molecule has 0 aliphatic heterocycles. The highest BCUT2D eigenvalue weighted by molar-refractivity contribution is 5.35. The van der Waals surface area contributed by atoms with E-state index in [1.54, 1.807) is 0 Å². The molecule has 1 aromatic heterocycles. The minimum absolute atomic E-state index is 0.585. The second-order valence-electron chi connectivity index (χ2n) is 4.59. The largest absolute Gasteiger partial charge is 0.366 e. The van der Waals surface area contributed by atoms with Crippen LogP contribution in [0, 0.1) is 19.8 Å². The van der Waals surface area contributed by atoms with Gasteiger partial charge in [-0.25, -0.2) is 4.98 Å². The van der Waals surface area contributed by atoms with Crippen molar-refractivity contribution in [2.45, 2.75) is 46.1 Å². The fraction of sp³-hybridized carbons (Fsp3) is 0.667. The van der Waals surface area contributed by atoms with Gasteiger partial charge in [0, 0.05) is 6.04 Å². The van der Waals surface area contributed by atoms with Gasteiger partial charge in [-0.15, -0.1) is 0 Å². The number of hydrogen-bond donors (Lipinski definition) is 1. The number of nitrogens with zero attached hydrogens (tertiary/aromatic N) is 2. The molecule has 3 nitrogen and oxygen atoms in total. The highest BCUT2D eigenvalue weighted by Crippen LogP contribution is 2.27. The third kappa shape index (κ3) is 2.28. The van der Waals surface area contributed by atoms with Crippen molar-refractivity contribution < 1.29 is 0 Å². The Labute approximate surface area is 91.3 Å². The van der Waals surface area contributed by atoms with Gasteiger partial charge in [0.15, 0.2) is 0 Å². The monoisotopic (exact) mass is 205 g/mol. The van der Waals surface area contributed by atoms with Crippen LogP contribution in [-0.2, 0) is 0 Å². The van der Waals surface area contributed by atoms with Gasteiger partial charge < -0.3 is 5.32 Å². The third-order valence-corrected chi connectivity index (χ3v) is 3.39. The van der Waals surface area contributed by atoms with E-state index in [0.29, 0.717) is 6.04 Å². The maximum atomic E-state index is 4.50. The summed E-state index contributed by atoms with van der Waals surface area (Å²) in [6.07, 6.45) is 5.76. The van der Waals surface area contributed by atoms with Gasteiger partial charge in [0.2, 0.25) is 0 Å². The van der Waals surface area contributed by atoms with Gasteiger partial charge in [0.05, 0.1) is 17.6 Å². The molecule has 0 radical (unpaired) electrons. The van der Waals surface area contributed by atoms with E-state index in [1.807, 2.05) is 20.0 Å². The fourth-order valence-electron chi connectivity index (χ4n) is 2.16. The number of hydrogen-bond acceptors (Lipinski definition) is 3. The lowest BCUT2D eigenvalue weighted by atomic mass is 10.1. The van der Waals surface area contributed by atoms with Crippen molar-refractivity contribution >= 4 is 5.82 Å². The second-order valence-corrected chi connectivity index (χ2v) is 4.59. The average molecular weight is 205 g/mol. The van der Waals surface area contributed by atoms with E-state index in [4.69, 9.17) is 0 Å². The molecule has 1 heterocycles. The van der Waals surface area contributed by atoms with Crippen molar-refractivity contribution in [2.75, 3.05) is 5.32 Å². The molecule has 0 aromatic carbocycles. The molecule has 1 aromatic rings. The lowest BCUT2D eigenvalue weighted by Gasteiger charge is -2.18. The number of aryl methyl sites for hydroxylation is 2. The van der Waals surface area contributed by atoms with Crippen molar-refractivity contribution in [1.82, 2.24) is 9.97 Å². The summed E-state index contributed by atoms with van der Waals surface area (Å²) in [4.78, 5) is 8.82. The van der Waals surface area contributed by atoms with Crippen LogP contribution in [0.3, 0.4) is 0 Å². The minimum atomic E-state index is 0.585. The first kappa shape index (κ1) is 10.4. The smallest absolute Gasteiger partial charge is 0.145 e. The molecule has 0 saturated heterocycles. The van der Waals surface area contributed by atoms with E-state index in [9.17, 15) is 0 Å². The number of nitrogens with one attached hydrogen (secondary N) is 1. The van der Waals surface area contributed by atoms with Crippen molar-refractivity contribution in [3.05, 3.63) is 17.6 Å². The Morgan fingerprint density at radius 2 is 2.07 bits per heavy atom. The minimum Gasteiger partial charge on any atom is -0.366 e. The molecule has 2 unspecified atom stereocenters. The summed E-state index contributed by atoms with van der Waals surface area (Å²) < 4.78 is 0. The Kier molecular flexibility index (Phi) is 2.89. The predicted molar refractivity (Wildman–Crippen MR) is 61.9 cm³/mol. The maximum Gasteiger partial charge on any atom is 0.145 e. The highest BCUT2D eigenvalue weighted by atomic mass is 15.0. The van der Waals surface area contributed by atoms with Gasteiger partial charge in [-0.1, -0.05) is 13.3 Å². The molecule has 3 heteroatoms. The Morgan fingerprint density at radius 1 is 1.27 bits per heavy atom. The van der Waals surface area contributed by atoms with E-state index >= 15 is 0 Å². The van der Waals surface area contributed by atoms with Crippen LogP contribution in [0.1, 0.15) is 37.6 Å². The maximum absolute atomic E-state index is 4.50. The second kappa shape index (κ2) is 4.17. The highest BCUT2D eigenvalue weighted by Gasteiger charge is 2.23. The van der Waals surface area contributed by atoms with Crippen LogP contribution in [0.2, 0.25) is 0 Å². The lowest BCUT2D eigenvalue weighted by Crippen LogP contribution is -2.22. The van der Waals surface area contributed by atoms with E-state index < -0.39 is 0 Å². The molecule has 1 saturated carbocycles. The molecule has 15 heavy (non-hydrogen) atoms. The molecule has 2 rings (SSSR count). The normalized spacial score (nSPS) is 25.5. The number of anilines is 1. The summed E-state index contributed by atoms with van der Waals surface area (Å²) in [5, 5.41) is 3.49. The summed E-state index contributed by atoms with van der Waals surface area (Å²) in [6.45, 7) is 6.30. The van der Waals surface area contributed by atoms with Crippen LogP contribution < -0.4 is 5.32 Å². The Balaban J connectivity index is 2.07. The van der Waals surface area contributed by atoms with Crippen molar-refractivity contribution in [3.63, 3.8) is 0 Å². The van der Waals surface area contributed by atoms with Gasteiger partial charge in [-0.05, 0) is 32.6 Å². The summed E-state index contributed by atoms with van der Waals surface area (Å²) in [5.41, 5.74) is 2.03. The Morgan fingerprint density at radius 3 is 2.67 bits per heavy atom. The molecule has 1 aliphatic rings. The number of aromatic nitrogens is 2. The molecule has 0 spiro atoms. The standard InChI is InChI=1S/C12H19N3/c1-8-5-4-6-11(8)15-12-7-13-9(2)10(3)14-12/h7-8,11H,4-6H2,1-3H3,(H,14,15). The van der Waals surface area contributed by atoms with E-state index in [2.05, 4.69) is 22.2 Å². The first-order chi connectivity index (χ1) is 7.16. The SMILES string of the molecule is Cc1ncc(NC2CCCC2C)nc1C. The molecule has 1 N–H and O–H groups in total. The van der Waals surface area contributed by atoms with E-state index in [1.165, 1.54) is 19.3 Å². The van der Waals surface area contributed by atoms with Gasteiger partial charge in [-0.2, -0.15) is 0 Å². The van der Waals surface area contributed by atoms with Gasteiger partial charge in [0.1, 0.15) is 5.82 Å². The fourth-order valence-corrected chi connectivity index (χ4v) is 2.16. The van der Waals surface area contributed by atoms with Crippen LogP contribution >= 0.6 is 0 Å². The molecular weight excluding hydrogens is 186 g/mol. The number of rotatable bonds is 2. The van der Waals surface area contributed by atoms with Gasteiger partial charge in [0.25, 0.3) is 0 Å². The molecule has 1 fully saturated rings. The first-order valence-electron chi connectivity index (χ1n) is 5.73. The summed E-state index contributed by atoms with van der Waals surface area (Å²) >= 11 is 0. The van der Waals surface area contributed by atoms with Crippen LogP contribution in [-0.4, -0.2) is 16.0 Å². The first-order valence-corrected chi connectivity index (χ1v) is 5.73. The predicted octanol–water partition coefficient (Wildman–Crippen LogP) is 2.69. The van der Waals surface area contributed by atoms with Crippen molar-refractivity contribution in [1.29, 1.82) is 0 Å². The zero-order chi connectivity index (χ0) is 10.8. The summed E-state index contributed by atoms with van der Waals surface area (Å²) in [5.74, 6) is 1.69. The van der Waals surface area contributed by atoms with Gasteiger partial charge in [-0.3, -0.25) is 4.98 Å². The van der Waals surface area contributed by atoms with Crippen molar-refractivity contribution in [3.8, 4) is 0 Å². The topological polar surface area (TPSA) is 37.8 Å². The molecule has 0 amide bonds. The van der Waals surface area contributed by atoms with Crippen LogP contribution in [0.5, 0.6) is 0 Å². The van der Waals surface area contributed by atoms with Gasteiger partial charge >= 0.3 is 0 Å². The molecule has 0 bridgehead atoms. The summed E-state index contributed by atoms with van der Waals surface area (Å²) in [6, 6.07) is 0.585. The van der Waals surface area contributed by atoms with E-state index in [0.717, 1.165) is 23.1 Å². The lowest BCUT2D eigenvalue weighted by molar-refractivity contribution is 0.554. The van der Waals surface area contributed by atoms with Crippen LogP contribution in [0.15, 0.2) is 6.20 Å². The molecule has 2 atom stereocenters. The van der Waals surface area contributed by atoms with Crippen LogP contribution in [0.4, 0.5) is 5.82 Å². The average Bonchev–Trinajstić information content (AvgIpc) is 2.59. The Hall–Kier alpha value is -1.12. The third-order valence-electron chi connectivity index (χ3n) is 3.39.